The van der Waals surface area contributed by atoms with Crippen molar-refractivity contribution in [3.05, 3.63) is 23.8 Å². The van der Waals surface area contributed by atoms with Gasteiger partial charge >= 0.3 is 23.9 Å². The Kier molecular flexibility index (Phi) is 8.63. The van der Waals surface area contributed by atoms with Crippen molar-refractivity contribution in [1.29, 1.82) is 0 Å². The fourth-order valence-electron chi connectivity index (χ4n) is 6.22. The smallest absolute Gasteiger partial charge is 0.341 e. The number of hydrogen-bond donors (Lipinski definition) is 4. The summed E-state index contributed by atoms with van der Waals surface area (Å²) in [7, 11) is 0. The van der Waals surface area contributed by atoms with Crippen molar-refractivity contribution in [3.8, 4) is 0 Å². The summed E-state index contributed by atoms with van der Waals surface area (Å²) in [6, 6.07) is 0. The summed E-state index contributed by atoms with van der Waals surface area (Å²) in [4.78, 5) is 50.3. The number of ether oxygens (including phenoxy) is 4. The zero-order chi connectivity index (χ0) is 30.4. The molecule has 0 unspecified atom stereocenters. The Hall–Kier alpha value is -2.80. The minimum Gasteiger partial charge on any atom is -0.461 e. The number of aliphatic hydroxyl groups excluding tert-OH is 1. The van der Waals surface area contributed by atoms with E-state index in [-0.39, 0.29) is 12.8 Å². The maximum Gasteiger partial charge on any atom is 0.341 e. The highest BCUT2D eigenvalue weighted by Gasteiger charge is 2.74. The molecule has 0 saturated carbocycles. The fraction of sp³-hybridized carbons (Fsp3) is 0.714. The van der Waals surface area contributed by atoms with Crippen LogP contribution in [0.5, 0.6) is 0 Å². The third-order valence-electron chi connectivity index (χ3n) is 8.49. The first-order valence-electron chi connectivity index (χ1n) is 13.3. The largest absolute Gasteiger partial charge is 0.461 e. The highest BCUT2D eigenvalue weighted by molar-refractivity contribution is 5.84. The molecule has 224 valence electrons. The van der Waals surface area contributed by atoms with Gasteiger partial charge in [-0.1, -0.05) is 26.0 Å². The number of carbonyl (C=O) groups is 4. The van der Waals surface area contributed by atoms with E-state index in [1.54, 1.807) is 20.8 Å². The van der Waals surface area contributed by atoms with Gasteiger partial charge in [0.1, 0.15) is 24.4 Å². The number of esters is 4. The SMILES string of the molecule is CCCC(=O)O[C@@H]1C[C@H](OC(C)=O)[C@@]2(C)C=C[C@@H](O)[C@@](C)(O)[C@@H]2[C@@H](OC(C)=O)[C@@]2(O)[C@H](/C=C\1C)OC(=O)[C@@]2(C)O. The molecule has 0 aromatic heterocycles. The zero-order valence-corrected chi connectivity index (χ0v) is 23.9. The van der Waals surface area contributed by atoms with E-state index in [0.717, 1.165) is 13.8 Å². The number of fused-ring (bicyclic) bond motifs is 2. The van der Waals surface area contributed by atoms with E-state index in [9.17, 15) is 39.6 Å². The molecule has 0 radical (unpaired) electrons. The molecule has 3 rings (SSSR count). The van der Waals surface area contributed by atoms with Crippen LogP contribution in [0.2, 0.25) is 0 Å². The van der Waals surface area contributed by atoms with Crippen molar-refractivity contribution in [3.63, 3.8) is 0 Å². The van der Waals surface area contributed by atoms with Crippen molar-refractivity contribution in [2.45, 2.75) is 115 Å². The van der Waals surface area contributed by atoms with Gasteiger partial charge in [-0.05, 0) is 38.8 Å². The Morgan fingerprint density at radius 3 is 2.20 bits per heavy atom. The van der Waals surface area contributed by atoms with E-state index in [1.807, 2.05) is 0 Å². The molecular formula is C28H40O12. The molecule has 1 fully saturated rings. The summed E-state index contributed by atoms with van der Waals surface area (Å²) < 4.78 is 22.5. The quantitative estimate of drug-likeness (QED) is 0.206. The average Bonchev–Trinajstić information content (AvgIpc) is 2.99. The lowest BCUT2D eigenvalue weighted by atomic mass is 9.54. The Balaban J connectivity index is 2.42. The molecule has 0 amide bonds. The summed E-state index contributed by atoms with van der Waals surface area (Å²) >= 11 is 0. The molecule has 40 heavy (non-hydrogen) atoms. The van der Waals surface area contributed by atoms with Crippen molar-refractivity contribution in [2.75, 3.05) is 0 Å². The van der Waals surface area contributed by atoms with E-state index >= 15 is 0 Å². The van der Waals surface area contributed by atoms with Gasteiger partial charge in [0, 0.05) is 38.0 Å². The van der Waals surface area contributed by atoms with Crippen LogP contribution in [0.15, 0.2) is 23.8 Å². The standard InChI is InChI=1S/C28H40O12/c1-8-9-21(32)39-17-13-19(37-15(3)29)25(5)11-10-18(31)26(6,34)22(25)23(38-16(4)30)28(36)20(12-14(17)2)40-24(33)27(28,7)35/h10-12,17-20,22-23,31,34-36H,8-9,13H2,1-7H3/b14-12-/t17-,18-,19+,20+,22-,23-,25-,26-,27-,28+/m1/s1. The van der Waals surface area contributed by atoms with Crippen molar-refractivity contribution >= 4 is 23.9 Å². The second-order valence-electron chi connectivity index (χ2n) is 11.6. The Morgan fingerprint density at radius 2 is 1.65 bits per heavy atom. The first kappa shape index (κ1) is 31.7. The van der Waals surface area contributed by atoms with Gasteiger partial charge in [-0.2, -0.15) is 0 Å². The van der Waals surface area contributed by atoms with Crippen LogP contribution in [-0.4, -0.2) is 91.6 Å². The van der Waals surface area contributed by atoms with Gasteiger partial charge in [0.2, 0.25) is 0 Å². The molecule has 3 aliphatic rings. The van der Waals surface area contributed by atoms with Crippen LogP contribution in [0.3, 0.4) is 0 Å². The molecule has 12 nitrogen and oxygen atoms in total. The van der Waals surface area contributed by atoms with Crippen LogP contribution in [0, 0.1) is 11.3 Å². The van der Waals surface area contributed by atoms with E-state index in [0.29, 0.717) is 12.0 Å². The molecule has 10 atom stereocenters. The second kappa shape index (κ2) is 10.9. The topological polar surface area (TPSA) is 186 Å². The second-order valence-corrected chi connectivity index (χ2v) is 11.6. The van der Waals surface area contributed by atoms with E-state index in [2.05, 4.69) is 0 Å². The van der Waals surface area contributed by atoms with Gasteiger partial charge in [-0.25, -0.2) is 4.79 Å². The molecule has 4 N–H and O–H groups in total. The minimum absolute atomic E-state index is 0.0916. The normalized spacial score (nSPS) is 44.3. The number of hydrogen-bond acceptors (Lipinski definition) is 12. The molecule has 12 heteroatoms. The molecule has 2 aliphatic carbocycles. The molecule has 0 aromatic carbocycles. The maximum absolute atomic E-state index is 12.9. The average molecular weight is 569 g/mol. The molecule has 0 spiro atoms. The van der Waals surface area contributed by atoms with E-state index in [4.69, 9.17) is 18.9 Å². The number of aliphatic hydroxyl groups is 4. The van der Waals surface area contributed by atoms with Crippen LogP contribution in [0.4, 0.5) is 0 Å². The summed E-state index contributed by atoms with van der Waals surface area (Å²) in [5.74, 6) is -4.94. The highest BCUT2D eigenvalue weighted by atomic mass is 16.6. The summed E-state index contributed by atoms with van der Waals surface area (Å²) in [5.41, 5.74) is -8.83. The van der Waals surface area contributed by atoms with Crippen molar-refractivity contribution < 1.29 is 58.6 Å². The summed E-state index contributed by atoms with van der Waals surface area (Å²) in [6.45, 7) is 9.33. The van der Waals surface area contributed by atoms with Crippen LogP contribution in [0.25, 0.3) is 0 Å². The van der Waals surface area contributed by atoms with Gasteiger partial charge in [-0.15, -0.1) is 0 Å². The van der Waals surface area contributed by atoms with Gasteiger partial charge in [0.05, 0.1) is 5.60 Å². The van der Waals surface area contributed by atoms with Crippen molar-refractivity contribution in [1.82, 2.24) is 0 Å². The highest BCUT2D eigenvalue weighted by Crippen LogP contribution is 2.55. The molecule has 0 bridgehead atoms. The third-order valence-corrected chi connectivity index (χ3v) is 8.49. The Labute approximate surface area is 232 Å². The van der Waals surface area contributed by atoms with Crippen LogP contribution >= 0.6 is 0 Å². The lowest BCUT2D eigenvalue weighted by Crippen LogP contribution is -2.73. The van der Waals surface area contributed by atoms with Gasteiger partial charge in [0.15, 0.2) is 17.3 Å². The monoisotopic (exact) mass is 568 g/mol. The fourth-order valence-corrected chi connectivity index (χ4v) is 6.22. The molecular weight excluding hydrogens is 528 g/mol. The minimum atomic E-state index is -2.73. The third kappa shape index (κ3) is 5.17. The number of rotatable bonds is 5. The summed E-state index contributed by atoms with van der Waals surface area (Å²) in [6.07, 6.45) is -2.87. The summed E-state index contributed by atoms with van der Waals surface area (Å²) in [5, 5.41) is 46.3. The molecule has 0 aromatic rings. The van der Waals surface area contributed by atoms with Crippen molar-refractivity contribution in [2.24, 2.45) is 11.3 Å². The van der Waals surface area contributed by atoms with E-state index in [1.165, 1.54) is 32.1 Å². The molecule has 1 heterocycles. The Morgan fingerprint density at radius 1 is 1.05 bits per heavy atom. The first-order valence-corrected chi connectivity index (χ1v) is 13.3. The molecule has 1 saturated heterocycles. The van der Waals surface area contributed by atoms with E-state index < -0.39 is 82.5 Å². The van der Waals surface area contributed by atoms with Gasteiger partial charge in [0.25, 0.3) is 0 Å². The predicted molar refractivity (Wildman–Crippen MR) is 137 cm³/mol. The lowest BCUT2D eigenvalue weighted by molar-refractivity contribution is -0.258. The maximum atomic E-state index is 12.9. The first-order chi connectivity index (χ1) is 18.3. The van der Waals surface area contributed by atoms with Gasteiger partial charge in [-0.3, -0.25) is 14.4 Å². The predicted octanol–water partition coefficient (Wildman–Crippen LogP) is 0.623. The Bertz CT molecular complexity index is 1110. The van der Waals surface area contributed by atoms with Crippen LogP contribution in [0.1, 0.15) is 67.7 Å². The lowest BCUT2D eigenvalue weighted by Gasteiger charge is -2.57. The van der Waals surface area contributed by atoms with Crippen LogP contribution < -0.4 is 0 Å². The number of carbonyl (C=O) groups excluding carboxylic acids is 4. The van der Waals surface area contributed by atoms with Gasteiger partial charge < -0.3 is 39.4 Å². The van der Waals surface area contributed by atoms with Crippen LogP contribution in [-0.2, 0) is 38.1 Å². The molecule has 1 aliphatic heterocycles. The zero-order valence-electron chi connectivity index (χ0n) is 23.9.